The molecule has 0 radical (unpaired) electrons. The quantitative estimate of drug-likeness (QED) is 0.477. The molecule has 1 amide bonds. The molecule has 0 spiro atoms. The van der Waals surface area contributed by atoms with Crippen LogP contribution in [0.25, 0.3) is 0 Å². The van der Waals surface area contributed by atoms with Gasteiger partial charge in [-0.15, -0.1) is 0 Å². The molecule has 27 heavy (non-hydrogen) atoms. The summed E-state index contributed by atoms with van der Waals surface area (Å²) in [7, 11) is 1.50. The molecular weight excluding hydrogens is 350 g/mol. The smallest absolute Gasteiger partial charge is 0.330 e. The molecule has 0 saturated heterocycles. The number of anilines is 2. The summed E-state index contributed by atoms with van der Waals surface area (Å²) in [4.78, 5) is 39.1. The van der Waals surface area contributed by atoms with Crippen molar-refractivity contribution in [2.45, 2.75) is 25.9 Å². The molecule has 1 aromatic heterocycles. The Labute approximate surface area is 156 Å². The fourth-order valence-corrected chi connectivity index (χ4v) is 2.50. The van der Waals surface area contributed by atoms with Crippen molar-refractivity contribution in [2.24, 2.45) is 5.73 Å². The average molecular weight is 375 g/mol. The first-order chi connectivity index (χ1) is 13.1. The maximum Gasteiger partial charge on any atom is 0.330 e. The third-order valence-corrected chi connectivity index (χ3v) is 3.90. The van der Waals surface area contributed by atoms with Crippen LogP contribution in [0.5, 0.6) is 0 Å². The molecule has 0 atom stereocenters. The van der Waals surface area contributed by atoms with E-state index in [-0.39, 0.29) is 37.0 Å². The zero-order valence-corrected chi connectivity index (χ0v) is 15.3. The monoisotopic (exact) mass is 375 g/mol. The molecule has 146 valence electrons. The number of rotatable bonds is 10. The fourth-order valence-electron chi connectivity index (χ4n) is 2.50. The minimum absolute atomic E-state index is 0.121. The van der Waals surface area contributed by atoms with Crippen LogP contribution in [0.1, 0.15) is 18.4 Å². The summed E-state index contributed by atoms with van der Waals surface area (Å²) < 4.78 is 6.30. The first-order valence-corrected chi connectivity index (χ1v) is 8.70. The van der Waals surface area contributed by atoms with E-state index in [1.54, 1.807) is 0 Å². The van der Waals surface area contributed by atoms with E-state index in [9.17, 15) is 14.4 Å². The van der Waals surface area contributed by atoms with Crippen molar-refractivity contribution in [3.05, 3.63) is 56.7 Å². The van der Waals surface area contributed by atoms with Gasteiger partial charge in [0.25, 0.3) is 5.56 Å². The number of hydrogen-bond acceptors (Lipinski definition) is 6. The molecule has 9 nitrogen and oxygen atoms in total. The SMILES string of the molecule is COCCn1c(NC(=O)CCCN)c(NCc2ccccc2)c(=O)[nH]c1=O. The van der Waals surface area contributed by atoms with Gasteiger partial charge in [0.05, 0.1) is 13.2 Å². The Bertz CT molecular complexity index is 860. The van der Waals surface area contributed by atoms with Crippen LogP contribution in [0, 0.1) is 0 Å². The molecule has 5 N–H and O–H groups in total. The first kappa shape index (κ1) is 20.4. The van der Waals surface area contributed by atoms with Gasteiger partial charge in [-0.1, -0.05) is 30.3 Å². The predicted octanol–water partition coefficient (Wildman–Crippen LogP) is 0.472. The molecule has 0 aliphatic heterocycles. The number of H-pyrrole nitrogens is 1. The number of aromatic amines is 1. The van der Waals surface area contributed by atoms with E-state index >= 15 is 0 Å². The number of nitrogens with two attached hydrogens (primary N) is 1. The van der Waals surface area contributed by atoms with E-state index in [4.69, 9.17) is 10.5 Å². The number of aromatic nitrogens is 2. The number of benzene rings is 1. The molecule has 0 unspecified atom stereocenters. The van der Waals surface area contributed by atoms with E-state index < -0.39 is 11.2 Å². The number of hydrogen-bond donors (Lipinski definition) is 4. The third kappa shape index (κ3) is 5.80. The van der Waals surface area contributed by atoms with Crippen LogP contribution >= 0.6 is 0 Å². The van der Waals surface area contributed by atoms with Gasteiger partial charge in [0.2, 0.25) is 5.91 Å². The minimum atomic E-state index is -0.614. The summed E-state index contributed by atoms with van der Waals surface area (Å²) in [6.45, 7) is 1.16. The Kier molecular flexibility index (Phi) is 7.78. The second-order valence-corrected chi connectivity index (χ2v) is 5.91. The zero-order valence-electron chi connectivity index (χ0n) is 15.3. The lowest BCUT2D eigenvalue weighted by atomic mass is 10.2. The lowest BCUT2D eigenvalue weighted by Gasteiger charge is -2.17. The Morgan fingerprint density at radius 1 is 1.26 bits per heavy atom. The molecule has 0 aliphatic rings. The van der Waals surface area contributed by atoms with Crippen molar-refractivity contribution in [3.8, 4) is 0 Å². The highest BCUT2D eigenvalue weighted by atomic mass is 16.5. The molecule has 1 heterocycles. The van der Waals surface area contributed by atoms with Crippen molar-refractivity contribution in [2.75, 3.05) is 30.9 Å². The fraction of sp³-hybridized carbons (Fsp3) is 0.389. The largest absolute Gasteiger partial charge is 0.383 e. The Hall–Kier alpha value is -2.91. The van der Waals surface area contributed by atoms with E-state index in [1.165, 1.54) is 11.7 Å². The summed E-state index contributed by atoms with van der Waals surface area (Å²) in [6.07, 6.45) is 0.698. The van der Waals surface area contributed by atoms with Crippen molar-refractivity contribution in [1.29, 1.82) is 0 Å². The molecule has 9 heteroatoms. The highest BCUT2D eigenvalue weighted by molar-refractivity contribution is 5.92. The van der Waals surface area contributed by atoms with E-state index in [0.29, 0.717) is 19.5 Å². The Morgan fingerprint density at radius 3 is 2.67 bits per heavy atom. The number of methoxy groups -OCH3 is 1. The van der Waals surface area contributed by atoms with Crippen LogP contribution in [-0.2, 0) is 22.6 Å². The summed E-state index contributed by atoms with van der Waals surface area (Å²) in [5.74, 6) is -0.196. The highest BCUT2D eigenvalue weighted by Crippen LogP contribution is 2.17. The van der Waals surface area contributed by atoms with Gasteiger partial charge in [-0.3, -0.25) is 19.1 Å². The van der Waals surface area contributed by atoms with Crippen LogP contribution in [0.15, 0.2) is 39.9 Å². The van der Waals surface area contributed by atoms with Gasteiger partial charge in [0, 0.05) is 20.1 Å². The number of nitrogens with one attached hydrogen (secondary N) is 3. The van der Waals surface area contributed by atoms with Gasteiger partial charge >= 0.3 is 5.69 Å². The van der Waals surface area contributed by atoms with Crippen LogP contribution in [0.2, 0.25) is 0 Å². The number of carbonyl (C=O) groups is 1. The molecule has 2 rings (SSSR count). The predicted molar refractivity (Wildman–Crippen MR) is 104 cm³/mol. The van der Waals surface area contributed by atoms with E-state index in [1.807, 2.05) is 30.3 Å². The Balaban J connectivity index is 2.37. The van der Waals surface area contributed by atoms with Gasteiger partial charge < -0.3 is 21.1 Å². The second-order valence-electron chi connectivity index (χ2n) is 5.91. The molecular formula is C18H25N5O4. The number of ether oxygens (including phenoxy) is 1. The maximum absolute atomic E-state index is 12.4. The minimum Gasteiger partial charge on any atom is -0.383 e. The number of amides is 1. The number of carbonyl (C=O) groups excluding carboxylic acids is 1. The standard InChI is InChI=1S/C18H25N5O4/c1-27-11-10-23-16(21-14(24)8-5-9-19)15(17(25)22-18(23)26)20-12-13-6-3-2-4-7-13/h2-4,6-7,20H,5,8-12,19H2,1H3,(H,21,24)(H,22,25,26). The van der Waals surface area contributed by atoms with Crippen LogP contribution < -0.4 is 27.6 Å². The zero-order chi connectivity index (χ0) is 19.6. The van der Waals surface area contributed by atoms with Gasteiger partial charge in [-0.05, 0) is 18.5 Å². The van der Waals surface area contributed by atoms with Crippen molar-refractivity contribution in [1.82, 2.24) is 9.55 Å². The van der Waals surface area contributed by atoms with Gasteiger partial charge in [-0.2, -0.15) is 0 Å². The van der Waals surface area contributed by atoms with Crippen LogP contribution in [0.3, 0.4) is 0 Å². The molecule has 0 aliphatic carbocycles. The van der Waals surface area contributed by atoms with E-state index in [2.05, 4.69) is 15.6 Å². The van der Waals surface area contributed by atoms with Crippen LogP contribution in [0.4, 0.5) is 11.5 Å². The lowest BCUT2D eigenvalue weighted by molar-refractivity contribution is -0.116. The average Bonchev–Trinajstić information content (AvgIpc) is 2.66. The lowest BCUT2D eigenvalue weighted by Crippen LogP contribution is -2.36. The normalized spacial score (nSPS) is 10.6. The summed E-state index contributed by atoms with van der Waals surface area (Å²) in [6, 6.07) is 9.47. The summed E-state index contributed by atoms with van der Waals surface area (Å²) >= 11 is 0. The van der Waals surface area contributed by atoms with Gasteiger partial charge in [0.1, 0.15) is 11.5 Å². The summed E-state index contributed by atoms with van der Waals surface area (Å²) in [5.41, 5.74) is 5.30. The molecule has 2 aromatic rings. The second kappa shape index (κ2) is 10.3. The highest BCUT2D eigenvalue weighted by Gasteiger charge is 2.17. The van der Waals surface area contributed by atoms with Crippen molar-refractivity contribution >= 4 is 17.4 Å². The topological polar surface area (TPSA) is 131 Å². The van der Waals surface area contributed by atoms with Crippen molar-refractivity contribution < 1.29 is 9.53 Å². The maximum atomic E-state index is 12.4. The molecule has 0 bridgehead atoms. The van der Waals surface area contributed by atoms with Crippen molar-refractivity contribution in [3.63, 3.8) is 0 Å². The van der Waals surface area contributed by atoms with Gasteiger partial charge in [0.15, 0.2) is 0 Å². The first-order valence-electron chi connectivity index (χ1n) is 8.70. The Morgan fingerprint density at radius 2 is 2.00 bits per heavy atom. The molecule has 1 aromatic carbocycles. The molecule has 0 saturated carbocycles. The van der Waals surface area contributed by atoms with Gasteiger partial charge in [-0.25, -0.2) is 4.79 Å². The summed E-state index contributed by atoms with van der Waals surface area (Å²) in [5, 5.41) is 5.69. The molecule has 0 fully saturated rings. The van der Waals surface area contributed by atoms with Crippen LogP contribution in [-0.4, -0.2) is 35.7 Å². The number of nitrogens with zero attached hydrogens (tertiary/aromatic N) is 1. The van der Waals surface area contributed by atoms with E-state index in [0.717, 1.165) is 5.56 Å². The third-order valence-electron chi connectivity index (χ3n) is 3.90.